The summed E-state index contributed by atoms with van der Waals surface area (Å²) < 4.78 is 55.2. The summed E-state index contributed by atoms with van der Waals surface area (Å²) in [5.41, 5.74) is 2.15. The molecule has 0 heterocycles. The van der Waals surface area contributed by atoms with E-state index in [2.05, 4.69) is 9.44 Å². The van der Waals surface area contributed by atoms with Crippen molar-refractivity contribution in [2.45, 2.75) is 23.6 Å². The molecule has 6 nitrogen and oxygen atoms in total. The zero-order chi connectivity index (χ0) is 20.4. The first kappa shape index (κ1) is 19.9. The highest BCUT2D eigenvalue weighted by atomic mass is 32.2. The molecule has 0 unspecified atom stereocenters. The van der Waals surface area contributed by atoms with Crippen molar-refractivity contribution in [2.24, 2.45) is 0 Å². The van der Waals surface area contributed by atoms with Crippen LogP contribution in [0.2, 0.25) is 0 Å². The lowest BCUT2D eigenvalue weighted by atomic mass is 10.2. The fourth-order valence-corrected chi connectivity index (χ4v) is 4.95. The molecule has 0 saturated carbocycles. The molecular weight excluding hydrogens is 396 g/mol. The third-order valence-electron chi connectivity index (χ3n) is 3.97. The van der Waals surface area contributed by atoms with E-state index in [1.807, 2.05) is 0 Å². The Morgan fingerprint density at radius 1 is 0.571 bits per heavy atom. The van der Waals surface area contributed by atoms with Crippen molar-refractivity contribution in [3.8, 4) is 0 Å². The zero-order valence-corrected chi connectivity index (χ0v) is 17.0. The van der Waals surface area contributed by atoms with Gasteiger partial charge in [0.1, 0.15) is 0 Å². The van der Waals surface area contributed by atoms with Gasteiger partial charge in [-0.05, 0) is 67.4 Å². The van der Waals surface area contributed by atoms with Crippen LogP contribution in [0.15, 0.2) is 82.6 Å². The van der Waals surface area contributed by atoms with Crippen LogP contribution in [0, 0.1) is 13.8 Å². The van der Waals surface area contributed by atoms with E-state index >= 15 is 0 Å². The van der Waals surface area contributed by atoms with Gasteiger partial charge in [-0.3, -0.25) is 9.44 Å². The van der Waals surface area contributed by atoms with Crippen LogP contribution in [0.5, 0.6) is 0 Å². The number of aryl methyl sites for hydroxylation is 2. The highest BCUT2D eigenvalue weighted by Gasteiger charge is 2.17. The number of sulfonamides is 2. The smallest absolute Gasteiger partial charge is 0.261 e. The molecule has 0 atom stereocenters. The average Bonchev–Trinajstić information content (AvgIpc) is 2.61. The molecule has 0 radical (unpaired) electrons. The van der Waals surface area contributed by atoms with Crippen molar-refractivity contribution < 1.29 is 16.8 Å². The molecule has 0 amide bonds. The van der Waals surface area contributed by atoms with Crippen LogP contribution in [0.1, 0.15) is 11.1 Å². The van der Waals surface area contributed by atoms with Crippen molar-refractivity contribution in [3.63, 3.8) is 0 Å². The van der Waals surface area contributed by atoms with Crippen LogP contribution in [0.25, 0.3) is 0 Å². The topological polar surface area (TPSA) is 92.3 Å². The highest BCUT2D eigenvalue weighted by molar-refractivity contribution is 7.93. The molecule has 8 heteroatoms. The van der Waals surface area contributed by atoms with Crippen molar-refractivity contribution >= 4 is 31.4 Å². The molecule has 0 aliphatic heterocycles. The number of nitrogens with one attached hydrogen (secondary N) is 2. The molecule has 0 aromatic heterocycles. The van der Waals surface area contributed by atoms with E-state index < -0.39 is 20.0 Å². The Bertz CT molecular complexity index is 1130. The van der Waals surface area contributed by atoms with Gasteiger partial charge in [0.25, 0.3) is 20.0 Å². The first-order chi connectivity index (χ1) is 13.2. The summed E-state index contributed by atoms with van der Waals surface area (Å²) in [5.74, 6) is 0. The van der Waals surface area contributed by atoms with Gasteiger partial charge in [0, 0.05) is 0 Å². The van der Waals surface area contributed by atoms with E-state index in [1.165, 1.54) is 18.2 Å². The quantitative estimate of drug-likeness (QED) is 0.637. The van der Waals surface area contributed by atoms with Gasteiger partial charge in [-0.2, -0.15) is 0 Å². The summed E-state index contributed by atoms with van der Waals surface area (Å²) in [5, 5.41) is 0. The van der Waals surface area contributed by atoms with Crippen LogP contribution in [-0.4, -0.2) is 16.8 Å². The summed E-state index contributed by atoms with van der Waals surface area (Å²) in [4.78, 5) is 0.275. The molecule has 3 aromatic carbocycles. The molecule has 0 spiro atoms. The van der Waals surface area contributed by atoms with E-state index in [4.69, 9.17) is 0 Å². The SMILES string of the molecule is Cc1cccc(S(=O)(=O)Nc2cccc(NS(=O)(=O)c3cccc(C)c3)c2)c1. The van der Waals surface area contributed by atoms with E-state index in [-0.39, 0.29) is 21.2 Å². The van der Waals surface area contributed by atoms with Crippen molar-refractivity contribution in [2.75, 3.05) is 9.44 Å². The molecule has 3 aromatic rings. The second-order valence-electron chi connectivity index (χ2n) is 6.42. The highest BCUT2D eigenvalue weighted by Crippen LogP contribution is 2.22. The van der Waals surface area contributed by atoms with Crippen LogP contribution in [-0.2, 0) is 20.0 Å². The van der Waals surface area contributed by atoms with Gasteiger partial charge in [-0.15, -0.1) is 0 Å². The molecule has 2 N–H and O–H groups in total. The largest absolute Gasteiger partial charge is 0.280 e. The Labute approximate surface area is 165 Å². The Balaban J connectivity index is 1.85. The normalized spacial score (nSPS) is 11.8. The molecule has 28 heavy (non-hydrogen) atoms. The minimum atomic E-state index is -3.78. The fourth-order valence-electron chi connectivity index (χ4n) is 2.64. The fraction of sp³-hybridized carbons (Fsp3) is 0.100. The number of hydrogen-bond acceptors (Lipinski definition) is 4. The minimum Gasteiger partial charge on any atom is -0.280 e. The van der Waals surface area contributed by atoms with Crippen LogP contribution < -0.4 is 9.44 Å². The number of rotatable bonds is 6. The van der Waals surface area contributed by atoms with E-state index in [1.54, 1.807) is 68.4 Å². The average molecular weight is 417 g/mol. The van der Waals surface area contributed by atoms with Crippen molar-refractivity contribution in [1.82, 2.24) is 0 Å². The van der Waals surface area contributed by atoms with Crippen LogP contribution in [0.3, 0.4) is 0 Å². The maximum Gasteiger partial charge on any atom is 0.261 e. The lowest BCUT2D eigenvalue weighted by Gasteiger charge is -2.12. The zero-order valence-electron chi connectivity index (χ0n) is 15.4. The summed E-state index contributed by atoms with van der Waals surface area (Å²) in [6, 6.07) is 19.2. The van der Waals surface area contributed by atoms with Gasteiger partial charge in [-0.25, -0.2) is 16.8 Å². The number of anilines is 2. The summed E-state index contributed by atoms with van der Waals surface area (Å²) in [6.45, 7) is 3.61. The van der Waals surface area contributed by atoms with Gasteiger partial charge in [0.15, 0.2) is 0 Å². The lowest BCUT2D eigenvalue weighted by molar-refractivity contribution is 0.599. The second kappa shape index (κ2) is 7.65. The van der Waals surface area contributed by atoms with Gasteiger partial charge < -0.3 is 0 Å². The molecule has 0 aliphatic rings. The van der Waals surface area contributed by atoms with Gasteiger partial charge in [-0.1, -0.05) is 30.3 Å². The predicted octanol–water partition coefficient (Wildman–Crippen LogP) is 3.91. The molecule has 146 valence electrons. The van der Waals surface area contributed by atoms with E-state index in [0.717, 1.165) is 11.1 Å². The summed E-state index contributed by atoms with van der Waals surface area (Å²) in [6.07, 6.45) is 0. The van der Waals surface area contributed by atoms with E-state index in [0.29, 0.717) is 0 Å². The number of benzene rings is 3. The third-order valence-corrected chi connectivity index (χ3v) is 6.72. The van der Waals surface area contributed by atoms with Gasteiger partial charge >= 0.3 is 0 Å². The Kier molecular flexibility index (Phi) is 5.44. The van der Waals surface area contributed by atoms with Gasteiger partial charge in [0.05, 0.1) is 21.2 Å². The molecule has 0 fully saturated rings. The molecule has 0 bridgehead atoms. The Morgan fingerprint density at radius 3 is 1.36 bits per heavy atom. The Hall–Kier alpha value is -2.84. The van der Waals surface area contributed by atoms with Crippen molar-refractivity contribution in [1.29, 1.82) is 0 Å². The van der Waals surface area contributed by atoms with Crippen LogP contribution >= 0.6 is 0 Å². The van der Waals surface area contributed by atoms with E-state index in [9.17, 15) is 16.8 Å². The third kappa shape index (κ3) is 4.71. The van der Waals surface area contributed by atoms with Crippen molar-refractivity contribution in [3.05, 3.63) is 83.9 Å². The van der Waals surface area contributed by atoms with Crippen LogP contribution in [0.4, 0.5) is 11.4 Å². The number of hydrogen-bond donors (Lipinski definition) is 2. The molecule has 0 saturated heterocycles. The predicted molar refractivity (Wildman–Crippen MR) is 110 cm³/mol. The minimum absolute atomic E-state index is 0.137. The molecular formula is C20H20N2O4S2. The lowest BCUT2D eigenvalue weighted by Crippen LogP contribution is -2.15. The standard InChI is InChI=1S/C20H20N2O4S2/c1-15-6-3-10-19(12-15)27(23,24)21-17-8-5-9-18(14-17)22-28(25,26)20-11-4-7-16(2)13-20/h3-14,21-22H,1-2H3. The monoisotopic (exact) mass is 416 g/mol. The maximum atomic E-state index is 12.6. The first-order valence-corrected chi connectivity index (χ1v) is 11.4. The Morgan fingerprint density at radius 2 is 0.964 bits per heavy atom. The van der Waals surface area contributed by atoms with Gasteiger partial charge in [0.2, 0.25) is 0 Å². The molecule has 3 rings (SSSR count). The summed E-state index contributed by atoms with van der Waals surface area (Å²) >= 11 is 0. The maximum absolute atomic E-state index is 12.6. The summed E-state index contributed by atoms with van der Waals surface area (Å²) in [7, 11) is -7.56. The molecule has 0 aliphatic carbocycles. The first-order valence-electron chi connectivity index (χ1n) is 8.45. The second-order valence-corrected chi connectivity index (χ2v) is 9.79.